The molecule has 3 heterocycles. The van der Waals surface area contributed by atoms with Gasteiger partial charge < -0.3 is 15.3 Å². The van der Waals surface area contributed by atoms with Crippen molar-refractivity contribution >= 4 is 17.4 Å². The largest absolute Gasteiger partial charge is 0.394 e. The topological polar surface area (TPSA) is 82.8 Å². The molecule has 2 N–H and O–H groups in total. The van der Waals surface area contributed by atoms with Gasteiger partial charge in [-0.15, -0.1) is 5.10 Å². The normalized spacial score (nSPS) is 17.1. The van der Waals surface area contributed by atoms with E-state index in [0.717, 1.165) is 24.9 Å². The van der Waals surface area contributed by atoms with Crippen LogP contribution in [0.1, 0.15) is 48.8 Å². The van der Waals surface area contributed by atoms with Crippen molar-refractivity contribution in [3.63, 3.8) is 0 Å². The second-order valence-corrected chi connectivity index (χ2v) is 8.01. The number of nitrogens with one attached hydrogen (secondary N) is 1. The van der Waals surface area contributed by atoms with Crippen LogP contribution < -0.4 is 10.2 Å². The molecule has 0 spiro atoms. The Morgan fingerprint density at radius 2 is 2.17 bits per heavy atom. The zero-order valence-electron chi connectivity index (χ0n) is 16.5. The first-order chi connectivity index (χ1) is 13.9. The number of anilines is 1. The highest BCUT2D eigenvalue weighted by Crippen LogP contribution is 2.35. The quantitative estimate of drug-likeness (QED) is 0.692. The van der Waals surface area contributed by atoms with Crippen LogP contribution >= 0.6 is 0 Å². The summed E-state index contributed by atoms with van der Waals surface area (Å²) in [5.41, 5.74) is 1.01. The summed E-state index contributed by atoms with van der Waals surface area (Å²) >= 11 is 0. The molecule has 0 bridgehead atoms. The first-order valence-electron chi connectivity index (χ1n) is 9.68. The number of carbonyl (C=O) groups is 1. The Morgan fingerprint density at radius 3 is 2.93 bits per heavy atom. The molecule has 1 atom stereocenters. The van der Waals surface area contributed by atoms with Gasteiger partial charge in [0.05, 0.1) is 24.4 Å². The minimum atomic E-state index is -0.754. The van der Waals surface area contributed by atoms with Crippen LogP contribution in [0.3, 0.4) is 0 Å². The maximum Gasteiger partial charge on any atom is 0.272 e. The lowest BCUT2D eigenvalue weighted by molar-refractivity contribution is 0.0862. The lowest BCUT2D eigenvalue weighted by atomic mass is 10.0. The lowest BCUT2D eigenvalue weighted by Gasteiger charge is -2.26. The van der Waals surface area contributed by atoms with E-state index in [9.17, 15) is 14.3 Å². The summed E-state index contributed by atoms with van der Waals surface area (Å²) in [6.07, 6.45) is 3.36. The van der Waals surface area contributed by atoms with Gasteiger partial charge in [-0.3, -0.25) is 4.79 Å². The molecule has 1 aliphatic heterocycles. The summed E-state index contributed by atoms with van der Waals surface area (Å²) in [6.45, 7) is 4.09. The molecule has 1 unspecified atom stereocenters. The number of benzene rings is 1. The first kappa shape index (κ1) is 19.3. The van der Waals surface area contributed by atoms with Gasteiger partial charge in [0.25, 0.3) is 5.91 Å². The summed E-state index contributed by atoms with van der Waals surface area (Å²) in [4.78, 5) is 19.1. The Morgan fingerprint density at radius 1 is 1.34 bits per heavy atom. The molecular weight excluding hydrogens is 373 g/mol. The van der Waals surface area contributed by atoms with Gasteiger partial charge in [-0.2, -0.15) is 0 Å². The summed E-state index contributed by atoms with van der Waals surface area (Å²) in [5.74, 6) is 0.0971. The average Bonchev–Trinajstić information content (AvgIpc) is 3.34. The van der Waals surface area contributed by atoms with Crippen LogP contribution in [0.25, 0.3) is 5.65 Å². The van der Waals surface area contributed by atoms with Crippen LogP contribution in [0.5, 0.6) is 0 Å². The summed E-state index contributed by atoms with van der Waals surface area (Å²) in [5, 5.41) is 16.9. The predicted molar refractivity (Wildman–Crippen MR) is 107 cm³/mol. The second kappa shape index (κ2) is 7.44. The third-order valence-electron chi connectivity index (χ3n) is 5.21. The highest BCUT2D eigenvalue weighted by atomic mass is 19.1. The number of carbonyl (C=O) groups excluding carboxylic acids is 1. The van der Waals surface area contributed by atoms with Crippen molar-refractivity contribution in [3.05, 3.63) is 59.7 Å². The fraction of sp³-hybridized carbons (Fsp3) is 0.381. The van der Waals surface area contributed by atoms with E-state index in [1.165, 1.54) is 16.8 Å². The van der Waals surface area contributed by atoms with E-state index in [2.05, 4.69) is 20.3 Å². The molecule has 8 heteroatoms. The third kappa shape index (κ3) is 3.80. The highest BCUT2D eigenvalue weighted by Gasteiger charge is 2.28. The summed E-state index contributed by atoms with van der Waals surface area (Å²) in [7, 11) is 0. The number of amides is 1. The van der Waals surface area contributed by atoms with Crippen LogP contribution in [0, 0.1) is 5.82 Å². The van der Waals surface area contributed by atoms with Gasteiger partial charge in [0.15, 0.2) is 11.3 Å². The van der Waals surface area contributed by atoms with E-state index in [1.807, 2.05) is 18.2 Å². The van der Waals surface area contributed by atoms with Crippen LogP contribution in [-0.4, -0.2) is 44.3 Å². The maximum absolute atomic E-state index is 13.7. The minimum absolute atomic E-state index is 0.0322. The monoisotopic (exact) mass is 397 g/mol. The number of aromatic nitrogens is 3. The molecule has 1 saturated heterocycles. The number of imidazole rings is 1. The molecule has 3 aromatic rings. The number of fused-ring (bicyclic) bond motifs is 1. The van der Waals surface area contributed by atoms with Crippen molar-refractivity contribution < 1.29 is 14.3 Å². The van der Waals surface area contributed by atoms with Gasteiger partial charge in [-0.25, -0.2) is 13.9 Å². The van der Waals surface area contributed by atoms with Crippen LogP contribution in [-0.2, 0) is 0 Å². The minimum Gasteiger partial charge on any atom is -0.394 e. The first-order valence-corrected chi connectivity index (χ1v) is 9.68. The van der Waals surface area contributed by atoms with E-state index < -0.39 is 5.54 Å². The molecule has 1 fully saturated rings. The van der Waals surface area contributed by atoms with Gasteiger partial charge in [-0.1, -0.05) is 12.1 Å². The fourth-order valence-corrected chi connectivity index (χ4v) is 3.68. The number of hydrogen-bond donors (Lipinski definition) is 2. The van der Waals surface area contributed by atoms with Crippen molar-refractivity contribution in [2.24, 2.45) is 0 Å². The molecule has 1 amide bonds. The molecule has 7 nitrogen and oxygen atoms in total. The number of halogens is 1. The van der Waals surface area contributed by atoms with Crippen LogP contribution in [0.4, 0.5) is 10.2 Å². The molecule has 1 aliphatic rings. The number of aliphatic hydroxyl groups is 1. The van der Waals surface area contributed by atoms with Gasteiger partial charge >= 0.3 is 0 Å². The molecular formula is C21H24FN5O2. The average molecular weight is 397 g/mol. The van der Waals surface area contributed by atoms with E-state index in [0.29, 0.717) is 17.2 Å². The Labute approximate surface area is 168 Å². The number of nitrogens with zero attached hydrogens (tertiary/aromatic N) is 4. The van der Waals surface area contributed by atoms with Gasteiger partial charge in [-0.05, 0) is 56.5 Å². The zero-order valence-corrected chi connectivity index (χ0v) is 16.5. The van der Waals surface area contributed by atoms with E-state index in [-0.39, 0.29) is 24.4 Å². The van der Waals surface area contributed by atoms with Crippen molar-refractivity contribution in [1.82, 2.24) is 19.9 Å². The van der Waals surface area contributed by atoms with Gasteiger partial charge in [0, 0.05) is 6.54 Å². The summed E-state index contributed by atoms with van der Waals surface area (Å²) in [6, 6.07) is 10.4. The standard InChI is InChI=1S/C21H24FN5O2/c1-21(2,13-28)24-20(29)17-12-23-18-8-9-19(25-27(17)18)26-10-4-7-16(26)14-5-3-6-15(22)11-14/h3,5-6,8-9,11-12,16,28H,4,7,10,13H2,1-2H3,(H,24,29). The lowest BCUT2D eigenvalue weighted by Crippen LogP contribution is -2.46. The van der Waals surface area contributed by atoms with Gasteiger partial charge in [0.2, 0.25) is 0 Å². The van der Waals surface area contributed by atoms with Gasteiger partial charge in [0.1, 0.15) is 11.6 Å². The molecule has 1 aromatic carbocycles. The second-order valence-electron chi connectivity index (χ2n) is 8.01. The molecule has 152 valence electrons. The molecule has 0 radical (unpaired) electrons. The van der Waals surface area contributed by atoms with Crippen molar-refractivity contribution in [3.8, 4) is 0 Å². The Bertz CT molecular complexity index is 1050. The SMILES string of the molecule is CC(C)(CO)NC(=O)c1cnc2ccc(N3CCCC3c3cccc(F)c3)nn12. The maximum atomic E-state index is 13.7. The Balaban J connectivity index is 1.67. The number of hydrogen-bond acceptors (Lipinski definition) is 5. The van der Waals surface area contributed by atoms with E-state index >= 15 is 0 Å². The smallest absolute Gasteiger partial charge is 0.272 e. The summed E-state index contributed by atoms with van der Waals surface area (Å²) < 4.78 is 15.2. The molecule has 0 aliphatic carbocycles. The van der Waals surface area contributed by atoms with E-state index in [4.69, 9.17) is 0 Å². The third-order valence-corrected chi connectivity index (χ3v) is 5.21. The highest BCUT2D eigenvalue weighted by molar-refractivity contribution is 5.93. The number of aliphatic hydroxyl groups excluding tert-OH is 1. The Hall–Kier alpha value is -3.00. The molecule has 4 rings (SSSR count). The predicted octanol–water partition coefficient (Wildman–Crippen LogP) is 2.71. The van der Waals surface area contributed by atoms with Crippen LogP contribution in [0.15, 0.2) is 42.6 Å². The van der Waals surface area contributed by atoms with Crippen molar-refractivity contribution in [2.45, 2.75) is 38.3 Å². The van der Waals surface area contributed by atoms with Crippen molar-refractivity contribution in [1.29, 1.82) is 0 Å². The molecule has 0 saturated carbocycles. The zero-order chi connectivity index (χ0) is 20.6. The Kier molecular flexibility index (Phi) is 4.96. The molecule has 2 aromatic heterocycles. The van der Waals surface area contributed by atoms with E-state index in [1.54, 1.807) is 26.0 Å². The number of rotatable bonds is 5. The van der Waals surface area contributed by atoms with Crippen molar-refractivity contribution in [2.75, 3.05) is 18.1 Å². The molecule has 29 heavy (non-hydrogen) atoms. The van der Waals surface area contributed by atoms with Crippen LogP contribution in [0.2, 0.25) is 0 Å². The fourth-order valence-electron chi connectivity index (χ4n) is 3.68.